The highest BCUT2D eigenvalue weighted by molar-refractivity contribution is 6.31. The second-order valence-electron chi connectivity index (χ2n) is 4.34. The van der Waals surface area contributed by atoms with E-state index in [2.05, 4.69) is 5.32 Å². The van der Waals surface area contributed by atoms with Crippen molar-refractivity contribution in [2.24, 2.45) is 0 Å². The van der Waals surface area contributed by atoms with Crippen LogP contribution >= 0.6 is 11.6 Å². The molecule has 0 aromatic heterocycles. The van der Waals surface area contributed by atoms with Crippen LogP contribution in [0.15, 0.2) is 42.5 Å². The highest BCUT2D eigenvalue weighted by atomic mass is 35.5. The molecule has 0 unspecified atom stereocenters. The van der Waals surface area contributed by atoms with Gasteiger partial charge in [-0.1, -0.05) is 23.7 Å². The van der Waals surface area contributed by atoms with Gasteiger partial charge in [0.1, 0.15) is 5.75 Å². The Morgan fingerprint density at radius 3 is 2.45 bits per heavy atom. The van der Waals surface area contributed by atoms with E-state index in [1.54, 1.807) is 36.4 Å². The minimum Gasteiger partial charge on any atom is -0.496 e. The summed E-state index contributed by atoms with van der Waals surface area (Å²) < 4.78 is 9.84. The minimum atomic E-state index is -0.533. The minimum absolute atomic E-state index is 0.263. The number of amides is 1. The SMILES string of the molecule is COC(=O)c1ccccc1NC(=O)c1cc(Cl)ccc1OC. The maximum atomic E-state index is 12.4. The van der Waals surface area contributed by atoms with Gasteiger partial charge < -0.3 is 14.8 Å². The molecule has 22 heavy (non-hydrogen) atoms. The number of hydrogen-bond donors (Lipinski definition) is 1. The number of halogens is 1. The van der Waals surface area contributed by atoms with Gasteiger partial charge in [-0.2, -0.15) is 0 Å². The fourth-order valence-electron chi connectivity index (χ4n) is 1.93. The summed E-state index contributed by atoms with van der Waals surface area (Å²) in [4.78, 5) is 24.1. The van der Waals surface area contributed by atoms with Crippen molar-refractivity contribution in [1.82, 2.24) is 0 Å². The zero-order valence-corrected chi connectivity index (χ0v) is 12.8. The van der Waals surface area contributed by atoms with Gasteiger partial charge in [0.15, 0.2) is 0 Å². The Morgan fingerprint density at radius 2 is 1.77 bits per heavy atom. The first kappa shape index (κ1) is 15.9. The van der Waals surface area contributed by atoms with E-state index in [0.717, 1.165) is 0 Å². The van der Waals surface area contributed by atoms with Crippen molar-refractivity contribution in [3.05, 3.63) is 58.6 Å². The standard InChI is InChI=1S/C16H14ClNO4/c1-21-14-8-7-10(17)9-12(14)15(19)18-13-6-4-3-5-11(13)16(20)22-2/h3-9H,1-2H3,(H,18,19). The van der Waals surface area contributed by atoms with Crippen molar-refractivity contribution < 1.29 is 19.1 Å². The maximum absolute atomic E-state index is 12.4. The van der Waals surface area contributed by atoms with E-state index in [9.17, 15) is 9.59 Å². The molecule has 0 aliphatic carbocycles. The molecule has 2 aromatic rings. The molecule has 0 spiro atoms. The van der Waals surface area contributed by atoms with Crippen molar-refractivity contribution >= 4 is 29.2 Å². The summed E-state index contributed by atoms with van der Waals surface area (Å²) in [6.45, 7) is 0. The van der Waals surface area contributed by atoms with Crippen molar-refractivity contribution in [2.75, 3.05) is 19.5 Å². The van der Waals surface area contributed by atoms with Gasteiger partial charge in [-0.3, -0.25) is 4.79 Å². The Hall–Kier alpha value is -2.53. The summed E-state index contributed by atoms with van der Waals surface area (Å²) in [5.41, 5.74) is 0.885. The molecular formula is C16H14ClNO4. The van der Waals surface area contributed by atoms with Crippen molar-refractivity contribution in [2.45, 2.75) is 0 Å². The zero-order chi connectivity index (χ0) is 16.1. The van der Waals surface area contributed by atoms with Crippen LogP contribution in [0.4, 0.5) is 5.69 Å². The Kier molecular flexibility index (Phi) is 5.01. The van der Waals surface area contributed by atoms with E-state index in [1.165, 1.54) is 20.3 Å². The molecule has 1 N–H and O–H groups in total. The Balaban J connectivity index is 2.34. The van der Waals surface area contributed by atoms with Gasteiger partial charge in [0, 0.05) is 5.02 Å². The summed E-state index contributed by atoms with van der Waals surface area (Å²) in [6.07, 6.45) is 0. The van der Waals surface area contributed by atoms with Crippen LogP contribution in [0.25, 0.3) is 0 Å². The number of ether oxygens (including phenoxy) is 2. The van der Waals surface area contributed by atoms with Crippen LogP contribution in [-0.2, 0) is 4.74 Å². The molecule has 0 atom stereocenters. The number of benzene rings is 2. The lowest BCUT2D eigenvalue weighted by Gasteiger charge is -2.12. The molecular weight excluding hydrogens is 306 g/mol. The lowest BCUT2D eigenvalue weighted by molar-refractivity contribution is 0.0602. The highest BCUT2D eigenvalue weighted by Crippen LogP contribution is 2.24. The van der Waals surface area contributed by atoms with Crippen molar-refractivity contribution in [3.8, 4) is 5.75 Å². The number of methoxy groups -OCH3 is 2. The fraction of sp³-hybridized carbons (Fsp3) is 0.125. The summed E-state index contributed by atoms with van der Waals surface area (Å²) >= 11 is 5.92. The van der Waals surface area contributed by atoms with Gasteiger partial charge >= 0.3 is 5.97 Å². The maximum Gasteiger partial charge on any atom is 0.339 e. The number of carbonyl (C=O) groups excluding carboxylic acids is 2. The van der Waals surface area contributed by atoms with Crippen LogP contribution in [0.3, 0.4) is 0 Å². The molecule has 0 bridgehead atoms. The molecule has 0 aliphatic heterocycles. The van der Waals surface area contributed by atoms with Crippen LogP contribution in [-0.4, -0.2) is 26.1 Å². The van der Waals surface area contributed by atoms with E-state index in [-0.39, 0.29) is 11.1 Å². The van der Waals surface area contributed by atoms with Crippen LogP contribution in [0.1, 0.15) is 20.7 Å². The largest absolute Gasteiger partial charge is 0.496 e. The third kappa shape index (κ3) is 3.38. The van der Waals surface area contributed by atoms with E-state index in [1.807, 2.05) is 0 Å². The van der Waals surface area contributed by atoms with E-state index < -0.39 is 11.9 Å². The molecule has 114 valence electrons. The normalized spacial score (nSPS) is 9.95. The van der Waals surface area contributed by atoms with Gasteiger partial charge in [-0.15, -0.1) is 0 Å². The fourth-order valence-corrected chi connectivity index (χ4v) is 2.10. The first-order chi connectivity index (χ1) is 10.6. The third-order valence-corrected chi connectivity index (χ3v) is 3.22. The topological polar surface area (TPSA) is 64.6 Å². The molecule has 2 rings (SSSR count). The smallest absolute Gasteiger partial charge is 0.339 e. The molecule has 0 aliphatic rings. The number of carbonyl (C=O) groups is 2. The molecule has 6 heteroatoms. The lowest BCUT2D eigenvalue weighted by atomic mass is 10.1. The third-order valence-electron chi connectivity index (χ3n) is 2.99. The first-order valence-corrected chi connectivity index (χ1v) is 6.77. The number of rotatable bonds is 4. The molecule has 1 amide bonds. The van der Waals surface area contributed by atoms with E-state index in [0.29, 0.717) is 16.5 Å². The molecule has 5 nitrogen and oxygen atoms in total. The Morgan fingerprint density at radius 1 is 1.05 bits per heavy atom. The van der Waals surface area contributed by atoms with Crippen LogP contribution in [0.5, 0.6) is 5.75 Å². The Labute approximate surface area is 132 Å². The molecule has 0 heterocycles. The summed E-state index contributed by atoms with van der Waals surface area (Å²) in [7, 11) is 2.74. The number of hydrogen-bond acceptors (Lipinski definition) is 4. The van der Waals surface area contributed by atoms with Crippen molar-refractivity contribution in [1.29, 1.82) is 0 Å². The van der Waals surface area contributed by atoms with Gasteiger partial charge in [0.05, 0.1) is 31.0 Å². The van der Waals surface area contributed by atoms with Gasteiger partial charge in [0.25, 0.3) is 5.91 Å². The lowest BCUT2D eigenvalue weighted by Crippen LogP contribution is -2.16. The number of anilines is 1. The summed E-state index contributed by atoms with van der Waals surface area (Å²) in [5.74, 6) is -0.581. The second kappa shape index (κ2) is 6.95. The predicted octanol–water partition coefficient (Wildman–Crippen LogP) is 3.39. The summed E-state index contributed by atoms with van der Waals surface area (Å²) in [6, 6.07) is 11.3. The van der Waals surface area contributed by atoms with Gasteiger partial charge in [-0.05, 0) is 30.3 Å². The predicted molar refractivity (Wildman–Crippen MR) is 83.7 cm³/mol. The van der Waals surface area contributed by atoms with E-state index in [4.69, 9.17) is 21.1 Å². The average Bonchev–Trinajstić information content (AvgIpc) is 2.54. The summed E-state index contributed by atoms with van der Waals surface area (Å²) in [5, 5.41) is 3.08. The average molecular weight is 320 g/mol. The number of nitrogens with one attached hydrogen (secondary N) is 1. The van der Waals surface area contributed by atoms with Gasteiger partial charge in [-0.25, -0.2) is 4.79 Å². The molecule has 0 radical (unpaired) electrons. The molecule has 0 saturated heterocycles. The van der Waals surface area contributed by atoms with Crippen LogP contribution in [0.2, 0.25) is 5.02 Å². The Bertz CT molecular complexity index is 715. The second-order valence-corrected chi connectivity index (χ2v) is 4.77. The molecule has 0 fully saturated rings. The first-order valence-electron chi connectivity index (χ1n) is 6.39. The van der Waals surface area contributed by atoms with E-state index >= 15 is 0 Å². The van der Waals surface area contributed by atoms with Crippen LogP contribution < -0.4 is 10.1 Å². The monoisotopic (exact) mass is 319 g/mol. The number of para-hydroxylation sites is 1. The zero-order valence-electron chi connectivity index (χ0n) is 12.1. The van der Waals surface area contributed by atoms with Crippen molar-refractivity contribution in [3.63, 3.8) is 0 Å². The quantitative estimate of drug-likeness (QED) is 0.877. The van der Waals surface area contributed by atoms with Gasteiger partial charge in [0.2, 0.25) is 0 Å². The van der Waals surface area contributed by atoms with Crippen LogP contribution in [0, 0.1) is 0 Å². The molecule has 0 saturated carbocycles. The number of esters is 1. The molecule has 2 aromatic carbocycles. The highest BCUT2D eigenvalue weighted by Gasteiger charge is 2.17.